The van der Waals surface area contributed by atoms with Crippen molar-refractivity contribution in [3.8, 4) is 0 Å². The number of aryl methyl sites for hydroxylation is 1. The van der Waals surface area contributed by atoms with Crippen LogP contribution in [0, 0.1) is 11.3 Å². The Kier molecular flexibility index (Phi) is 2.02. The zero-order valence-electron chi connectivity index (χ0n) is 10.8. The molecule has 1 heterocycles. The number of imidazole rings is 1. The Morgan fingerprint density at radius 2 is 2.11 bits per heavy atom. The Morgan fingerprint density at radius 1 is 1.33 bits per heavy atom. The molecule has 18 heavy (non-hydrogen) atoms. The predicted molar refractivity (Wildman–Crippen MR) is 73.6 cm³/mol. The van der Waals surface area contributed by atoms with Crippen molar-refractivity contribution in [2.75, 3.05) is 11.9 Å². The highest BCUT2D eigenvalue weighted by atomic mass is 15.2. The second kappa shape index (κ2) is 3.50. The van der Waals surface area contributed by atoms with Gasteiger partial charge in [-0.25, -0.2) is 4.98 Å². The van der Waals surface area contributed by atoms with Crippen molar-refractivity contribution in [3.63, 3.8) is 0 Å². The van der Waals surface area contributed by atoms with E-state index in [0.717, 1.165) is 23.9 Å². The highest BCUT2D eigenvalue weighted by Gasteiger charge is 2.53. The van der Waals surface area contributed by atoms with E-state index in [-0.39, 0.29) is 0 Å². The van der Waals surface area contributed by atoms with Crippen LogP contribution in [0.2, 0.25) is 0 Å². The fourth-order valence-corrected chi connectivity index (χ4v) is 3.14. The second-order valence-electron chi connectivity index (χ2n) is 5.97. The lowest BCUT2D eigenvalue weighted by Crippen LogP contribution is -2.19. The van der Waals surface area contributed by atoms with Gasteiger partial charge in [0, 0.05) is 13.6 Å². The third kappa shape index (κ3) is 1.53. The standard InChI is InChI=1S/C15H19N3/c1-18-13-5-3-2-4-12(13)17-14(18)16-10-15(8-9-15)11-6-7-11/h2-5,11H,6-10H2,1H3,(H,16,17). The number of fused-ring (bicyclic) bond motifs is 1. The lowest BCUT2D eigenvalue weighted by molar-refractivity contribution is 0.465. The van der Waals surface area contributed by atoms with Crippen molar-refractivity contribution in [2.24, 2.45) is 18.4 Å². The van der Waals surface area contributed by atoms with Gasteiger partial charge < -0.3 is 9.88 Å². The SMILES string of the molecule is Cn1c(NCC2(C3CC3)CC2)nc2ccccc21. The molecule has 0 spiro atoms. The van der Waals surface area contributed by atoms with Crippen LogP contribution < -0.4 is 5.32 Å². The maximum atomic E-state index is 4.67. The van der Waals surface area contributed by atoms with E-state index >= 15 is 0 Å². The van der Waals surface area contributed by atoms with Gasteiger partial charge in [0.25, 0.3) is 0 Å². The third-order valence-corrected chi connectivity index (χ3v) is 4.72. The first kappa shape index (κ1) is 10.4. The minimum absolute atomic E-state index is 0.623. The molecule has 0 atom stereocenters. The maximum absolute atomic E-state index is 4.67. The number of nitrogens with one attached hydrogen (secondary N) is 1. The first-order chi connectivity index (χ1) is 8.78. The van der Waals surface area contributed by atoms with Gasteiger partial charge in [0.15, 0.2) is 0 Å². The first-order valence-electron chi connectivity index (χ1n) is 6.94. The van der Waals surface area contributed by atoms with Gasteiger partial charge in [0.05, 0.1) is 11.0 Å². The van der Waals surface area contributed by atoms with Crippen LogP contribution in [0.5, 0.6) is 0 Å². The predicted octanol–water partition coefficient (Wildman–Crippen LogP) is 3.18. The quantitative estimate of drug-likeness (QED) is 0.891. The van der Waals surface area contributed by atoms with Crippen LogP contribution in [0.4, 0.5) is 5.95 Å². The summed E-state index contributed by atoms with van der Waals surface area (Å²) < 4.78 is 2.16. The molecule has 1 aromatic heterocycles. The molecule has 0 bridgehead atoms. The molecule has 0 unspecified atom stereocenters. The summed E-state index contributed by atoms with van der Waals surface area (Å²) in [6.07, 6.45) is 5.72. The molecule has 0 saturated heterocycles. The number of hydrogen-bond acceptors (Lipinski definition) is 2. The van der Waals surface area contributed by atoms with Crippen LogP contribution >= 0.6 is 0 Å². The number of aromatic nitrogens is 2. The van der Waals surface area contributed by atoms with E-state index in [9.17, 15) is 0 Å². The fourth-order valence-electron chi connectivity index (χ4n) is 3.14. The minimum atomic E-state index is 0.623. The number of benzene rings is 1. The van der Waals surface area contributed by atoms with Crippen LogP contribution in [0.15, 0.2) is 24.3 Å². The fraction of sp³-hybridized carbons (Fsp3) is 0.533. The molecule has 94 valence electrons. The van der Waals surface area contributed by atoms with Crippen LogP contribution in [0.3, 0.4) is 0 Å². The van der Waals surface area contributed by atoms with Gasteiger partial charge in [-0.3, -0.25) is 0 Å². The van der Waals surface area contributed by atoms with E-state index in [2.05, 4.69) is 40.1 Å². The lowest BCUT2D eigenvalue weighted by Gasteiger charge is -2.15. The molecule has 4 rings (SSSR count). The van der Waals surface area contributed by atoms with Crippen LogP contribution in [-0.4, -0.2) is 16.1 Å². The summed E-state index contributed by atoms with van der Waals surface area (Å²) in [5, 5.41) is 3.58. The number of rotatable bonds is 4. The van der Waals surface area contributed by atoms with Crippen LogP contribution in [0.25, 0.3) is 11.0 Å². The normalized spacial score (nSPS) is 21.2. The number of hydrogen-bond donors (Lipinski definition) is 1. The summed E-state index contributed by atoms with van der Waals surface area (Å²) in [6, 6.07) is 8.32. The maximum Gasteiger partial charge on any atom is 0.203 e. The molecule has 3 nitrogen and oxygen atoms in total. The zero-order valence-corrected chi connectivity index (χ0v) is 10.8. The van der Waals surface area contributed by atoms with E-state index in [1.165, 1.54) is 31.2 Å². The number of nitrogens with zero attached hydrogens (tertiary/aromatic N) is 2. The van der Waals surface area contributed by atoms with Gasteiger partial charge in [-0.05, 0) is 49.1 Å². The average molecular weight is 241 g/mol. The summed E-state index contributed by atoms with van der Waals surface area (Å²) in [6.45, 7) is 1.11. The Morgan fingerprint density at radius 3 is 2.78 bits per heavy atom. The molecule has 0 amide bonds. The van der Waals surface area contributed by atoms with Crippen molar-refractivity contribution in [2.45, 2.75) is 25.7 Å². The Labute approximate surface area is 107 Å². The van der Waals surface area contributed by atoms with Gasteiger partial charge in [-0.2, -0.15) is 0 Å². The van der Waals surface area contributed by atoms with E-state index in [1.54, 1.807) is 0 Å². The van der Waals surface area contributed by atoms with Crippen molar-refractivity contribution in [3.05, 3.63) is 24.3 Å². The van der Waals surface area contributed by atoms with Gasteiger partial charge in [0.1, 0.15) is 0 Å². The monoisotopic (exact) mass is 241 g/mol. The summed E-state index contributed by atoms with van der Waals surface area (Å²) in [5.74, 6) is 2.02. The Bertz CT molecular complexity index is 591. The lowest BCUT2D eigenvalue weighted by atomic mass is 10.0. The molecule has 0 aliphatic heterocycles. The molecule has 2 saturated carbocycles. The first-order valence-corrected chi connectivity index (χ1v) is 6.94. The van der Waals surface area contributed by atoms with Crippen molar-refractivity contribution < 1.29 is 0 Å². The van der Waals surface area contributed by atoms with E-state index in [4.69, 9.17) is 0 Å². The third-order valence-electron chi connectivity index (χ3n) is 4.72. The van der Waals surface area contributed by atoms with Crippen molar-refractivity contribution >= 4 is 17.0 Å². The zero-order chi connectivity index (χ0) is 12.2. The molecule has 2 fully saturated rings. The largest absolute Gasteiger partial charge is 0.355 e. The highest BCUT2D eigenvalue weighted by Crippen LogP contribution is 2.61. The number of anilines is 1. The van der Waals surface area contributed by atoms with Crippen LogP contribution in [0.1, 0.15) is 25.7 Å². The molecular weight excluding hydrogens is 222 g/mol. The van der Waals surface area contributed by atoms with E-state index < -0.39 is 0 Å². The Balaban J connectivity index is 1.57. The molecular formula is C15H19N3. The molecule has 3 heteroatoms. The minimum Gasteiger partial charge on any atom is -0.355 e. The second-order valence-corrected chi connectivity index (χ2v) is 5.97. The summed E-state index contributed by atoms with van der Waals surface area (Å²) in [5.41, 5.74) is 2.91. The van der Waals surface area contributed by atoms with E-state index in [1.807, 2.05) is 6.07 Å². The average Bonchev–Trinajstić information content (AvgIpc) is 3.26. The summed E-state index contributed by atoms with van der Waals surface area (Å²) in [4.78, 5) is 4.67. The smallest absolute Gasteiger partial charge is 0.203 e. The van der Waals surface area contributed by atoms with Gasteiger partial charge in [0.2, 0.25) is 5.95 Å². The van der Waals surface area contributed by atoms with Crippen molar-refractivity contribution in [1.82, 2.24) is 9.55 Å². The number of para-hydroxylation sites is 2. The molecule has 0 radical (unpaired) electrons. The topological polar surface area (TPSA) is 29.9 Å². The van der Waals surface area contributed by atoms with Gasteiger partial charge >= 0.3 is 0 Å². The summed E-state index contributed by atoms with van der Waals surface area (Å²) in [7, 11) is 2.09. The van der Waals surface area contributed by atoms with E-state index in [0.29, 0.717) is 5.41 Å². The highest BCUT2D eigenvalue weighted by molar-refractivity contribution is 5.78. The molecule has 1 N–H and O–H groups in total. The molecule has 2 aliphatic rings. The molecule has 1 aromatic carbocycles. The summed E-state index contributed by atoms with van der Waals surface area (Å²) >= 11 is 0. The van der Waals surface area contributed by atoms with Gasteiger partial charge in [-0.1, -0.05) is 12.1 Å². The molecule has 2 aliphatic carbocycles. The van der Waals surface area contributed by atoms with Crippen molar-refractivity contribution in [1.29, 1.82) is 0 Å². The Hall–Kier alpha value is -1.51. The van der Waals surface area contributed by atoms with Crippen LogP contribution in [-0.2, 0) is 7.05 Å². The van der Waals surface area contributed by atoms with Gasteiger partial charge in [-0.15, -0.1) is 0 Å². The molecule has 2 aromatic rings.